The molecule has 0 saturated carbocycles. The van der Waals surface area contributed by atoms with E-state index in [1.807, 2.05) is 12.2 Å². The molecule has 2 aromatic rings. The first kappa shape index (κ1) is 29.2. The first-order chi connectivity index (χ1) is 17.8. The van der Waals surface area contributed by atoms with Crippen LogP contribution < -0.4 is 20.9 Å². The molecule has 0 aliphatic rings. The quantitative estimate of drug-likeness (QED) is 0.239. The molecule has 0 saturated heterocycles. The lowest BCUT2D eigenvalue weighted by Crippen LogP contribution is -2.40. The molecule has 0 fully saturated rings. The highest BCUT2D eigenvalue weighted by Crippen LogP contribution is 2.23. The molecule has 0 unspecified atom stereocenters. The number of urea groups is 1. The van der Waals surface area contributed by atoms with Gasteiger partial charge in [-0.1, -0.05) is 0 Å². The topological polar surface area (TPSA) is 125 Å². The first-order valence-electron chi connectivity index (χ1n) is 11.2. The number of benzene rings is 1. The number of ether oxygens (including phenoxy) is 1. The van der Waals surface area contributed by atoms with Crippen molar-refractivity contribution < 1.29 is 37.1 Å². The second-order valence-electron chi connectivity index (χ2n) is 7.48. The van der Waals surface area contributed by atoms with Gasteiger partial charge in [-0.15, -0.1) is 0 Å². The van der Waals surface area contributed by atoms with Crippen molar-refractivity contribution in [2.45, 2.75) is 19.5 Å². The molecule has 202 valence electrons. The van der Waals surface area contributed by atoms with Crippen LogP contribution in [0.2, 0.25) is 0 Å². The van der Waals surface area contributed by atoms with Crippen molar-refractivity contribution in [1.82, 2.24) is 15.4 Å². The van der Waals surface area contributed by atoms with Crippen molar-refractivity contribution in [3.05, 3.63) is 48.5 Å². The number of alkyl halides is 2. The molecule has 2 rings (SSSR count). The van der Waals surface area contributed by atoms with Crippen molar-refractivity contribution >= 4 is 35.5 Å². The number of rotatable bonds is 15. The average molecular weight is 527 g/mol. The summed E-state index contributed by atoms with van der Waals surface area (Å²) in [5.74, 6) is -2.05. The van der Waals surface area contributed by atoms with E-state index in [1.54, 1.807) is 23.1 Å². The lowest BCUT2D eigenvalue weighted by atomic mass is 10.2. The number of likely N-dealkylation sites (N-methyl/N-ethyl adjacent to an activating group) is 1. The molecule has 1 heterocycles. The largest absolute Gasteiger partial charge is 0.461 e. The minimum Gasteiger partial charge on any atom is -0.461 e. The van der Waals surface area contributed by atoms with E-state index in [0.717, 1.165) is 5.06 Å². The third-order valence-corrected chi connectivity index (χ3v) is 5.11. The number of hydrogen-bond donors (Lipinski definition) is 3. The Morgan fingerprint density at radius 2 is 1.84 bits per heavy atom. The Morgan fingerprint density at radius 1 is 1.11 bits per heavy atom. The van der Waals surface area contributed by atoms with Gasteiger partial charge in [-0.05, 0) is 37.3 Å². The van der Waals surface area contributed by atoms with Gasteiger partial charge in [-0.3, -0.25) is 19.4 Å². The van der Waals surface area contributed by atoms with E-state index in [0.29, 0.717) is 17.9 Å². The SMILES string of the molecule is CCN(CCN(OC)C(=O)Nc1ccncc1)c1ccc(NC[C@H](CNC(=O)C(F)F)OC=O)cc1F. The maximum absolute atomic E-state index is 14.9. The van der Waals surface area contributed by atoms with Crippen molar-refractivity contribution in [3.8, 4) is 0 Å². The summed E-state index contributed by atoms with van der Waals surface area (Å²) in [4.78, 5) is 44.9. The highest BCUT2D eigenvalue weighted by Gasteiger charge is 2.19. The Bertz CT molecular complexity index is 1020. The fourth-order valence-corrected chi connectivity index (χ4v) is 3.20. The van der Waals surface area contributed by atoms with Crippen LogP contribution in [0.5, 0.6) is 0 Å². The Balaban J connectivity index is 1.95. The van der Waals surface area contributed by atoms with Crippen LogP contribution in [0, 0.1) is 5.82 Å². The van der Waals surface area contributed by atoms with Gasteiger partial charge in [0.1, 0.15) is 11.9 Å². The summed E-state index contributed by atoms with van der Waals surface area (Å²) in [5.41, 5.74) is 1.16. The minimum atomic E-state index is -3.19. The lowest BCUT2D eigenvalue weighted by molar-refractivity contribution is -0.136. The van der Waals surface area contributed by atoms with Crippen LogP contribution >= 0.6 is 0 Å². The number of hydrogen-bond acceptors (Lipinski definition) is 8. The van der Waals surface area contributed by atoms with Crippen LogP contribution in [0.15, 0.2) is 42.7 Å². The Kier molecular flexibility index (Phi) is 11.9. The second-order valence-corrected chi connectivity index (χ2v) is 7.48. The van der Waals surface area contributed by atoms with E-state index >= 15 is 0 Å². The van der Waals surface area contributed by atoms with E-state index in [4.69, 9.17) is 9.57 Å². The molecular weight excluding hydrogens is 497 g/mol. The van der Waals surface area contributed by atoms with Crippen LogP contribution in [-0.2, 0) is 19.2 Å². The second kappa shape index (κ2) is 15.1. The van der Waals surface area contributed by atoms with Gasteiger partial charge in [0, 0.05) is 36.9 Å². The lowest BCUT2D eigenvalue weighted by Gasteiger charge is -2.27. The predicted molar refractivity (Wildman–Crippen MR) is 130 cm³/mol. The third kappa shape index (κ3) is 9.48. The standard InChI is InChI=1S/C23H29F3N6O5/c1-3-31(10-11-32(36-2)23(35)30-16-6-8-27-9-7-16)20-5-4-17(12-19(20)24)28-13-18(37-15-33)14-29-22(34)21(25)26/h4-9,12,15,18,21,28H,3,10-11,13-14H2,1-2H3,(H,29,34)(H,27,30,35)/t18-/m1/s1. The van der Waals surface area contributed by atoms with Crippen LogP contribution in [0.25, 0.3) is 0 Å². The molecule has 0 aliphatic carbocycles. The first-order valence-corrected chi connectivity index (χ1v) is 11.2. The molecule has 3 amide bonds. The molecule has 3 N–H and O–H groups in total. The fourth-order valence-electron chi connectivity index (χ4n) is 3.20. The number of carbonyl (C=O) groups is 3. The molecule has 1 atom stereocenters. The zero-order valence-electron chi connectivity index (χ0n) is 20.3. The third-order valence-electron chi connectivity index (χ3n) is 5.11. The fraction of sp³-hybridized carbons (Fsp3) is 0.391. The summed E-state index contributed by atoms with van der Waals surface area (Å²) < 4.78 is 44.3. The Morgan fingerprint density at radius 3 is 2.43 bits per heavy atom. The maximum Gasteiger partial charge on any atom is 0.345 e. The molecule has 0 spiro atoms. The van der Waals surface area contributed by atoms with Crippen LogP contribution in [0.1, 0.15) is 6.92 Å². The number of nitrogens with zero attached hydrogens (tertiary/aromatic N) is 3. The van der Waals surface area contributed by atoms with Gasteiger partial charge in [-0.2, -0.15) is 8.78 Å². The highest BCUT2D eigenvalue weighted by atomic mass is 19.3. The summed E-state index contributed by atoms with van der Waals surface area (Å²) in [5, 5.41) is 8.58. The monoisotopic (exact) mass is 526 g/mol. The summed E-state index contributed by atoms with van der Waals surface area (Å²) in [7, 11) is 1.35. The van der Waals surface area contributed by atoms with Gasteiger partial charge in [0.15, 0.2) is 0 Å². The van der Waals surface area contributed by atoms with Gasteiger partial charge in [0.05, 0.1) is 32.4 Å². The number of carbonyl (C=O) groups excluding carboxylic acids is 3. The molecule has 14 heteroatoms. The molecule has 1 aromatic carbocycles. The van der Waals surface area contributed by atoms with E-state index in [-0.39, 0.29) is 38.3 Å². The number of aromatic nitrogens is 1. The molecule has 0 aliphatic heterocycles. The van der Waals surface area contributed by atoms with Crippen molar-refractivity contribution in [2.75, 3.05) is 55.4 Å². The minimum absolute atomic E-state index is 0.0616. The zero-order chi connectivity index (χ0) is 27.2. The molecular formula is C23H29F3N6O5. The molecule has 11 nitrogen and oxygen atoms in total. The summed E-state index contributed by atoms with van der Waals surface area (Å²) in [6.45, 7) is 2.38. The van der Waals surface area contributed by atoms with Gasteiger partial charge >= 0.3 is 12.5 Å². The summed E-state index contributed by atoms with van der Waals surface area (Å²) >= 11 is 0. The molecule has 0 bridgehead atoms. The van der Waals surface area contributed by atoms with Gasteiger partial charge in [0.25, 0.3) is 12.4 Å². The Hall–Kier alpha value is -4.07. The van der Waals surface area contributed by atoms with E-state index in [2.05, 4.69) is 15.6 Å². The van der Waals surface area contributed by atoms with E-state index in [1.165, 1.54) is 31.6 Å². The van der Waals surface area contributed by atoms with Gasteiger partial charge < -0.3 is 25.6 Å². The number of hydroxylamine groups is 2. The molecule has 37 heavy (non-hydrogen) atoms. The number of anilines is 3. The molecule has 1 aromatic heterocycles. The predicted octanol–water partition coefficient (Wildman–Crippen LogP) is 2.48. The maximum atomic E-state index is 14.9. The average Bonchev–Trinajstić information content (AvgIpc) is 2.89. The van der Waals surface area contributed by atoms with Gasteiger partial charge in [0.2, 0.25) is 0 Å². The zero-order valence-corrected chi connectivity index (χ0v) is 20.3. The van der Waals surface area contributed by atoms with E-state index < -0.39 is 30.3 Å². The number of amides is 3. The summed E-state index contributed by atoms with van der Waals surface area (Å²) in [6, 6.07) is 7.09. The number of halogens is 3. The molecule has 0 radical (unpaired) electrons. The van der Waals surface area contributed by atoms with E-state index in [9.17, 15) is 27.6 Å². The van der Waals surface area contributed by atoms with Crippen molar-refractivity contribution in [3.63, 3.8) is 0 Å². The Labute approximate surface area is 211 Å². The van der Waals surface area contributed by atoms with Crippen molar-refractivity contribution in [2.24, 2.45) is 0 Å². The number of pyridine rings is 1. The highest BCUT2D eigenvalue weighted by molar-refractivity contribution is 5.88. The van der Waals surface area contributed by atoms with Crippen molar-refractivity contribution in [1.29, 1.82) is 0 Å². The van der Waals surface area contributed by atoms with Crippen LogP contribution in [0.4, 0.5) is 35.0 Å². The van der Waals surface area contributed by atoms with Crippen LogP contribution in [-0.4, -0.2) is 80.8 Å². The van der Waals surface area contributed by atoms with Gasteiger partial charge in [-0.25, -0.2) is 14.2 Å². The summed E-state index contributed by atoms with van der Waals surface area (Å²) in [6.07, 6.45) is -1.07. The number of nitrogens with one attached hydrogen (secondary N) is 3. The smallest absolute Gasteiger partial charge is 0.345 e. The normalized spacial score (nSPS) is 11.4. The van der Waals surface area contributed by atoms with Crippen LogP contribution in [0.3, 0.4) is 0 Å².